The summed E-state index contributed by atoms with van der Waals surface area (Å²) >= 11 is 0. The minimum atomic E-state index is -3.85. The van der Waals surface area contributed by atoms with Crippen molar-refractivity contribution in [2.75, 3.05) is 13.2 Å². The van der Waals surface area contributed by atoms with Crippen molar-refractivity contribution in [1.82, 2.24) is 40.5 Å². The number of hydrogen-bond donors (Lipinski definition) is 3. The van der Waals surface area contributed by atoms with Gasteiger partial charge in [-0.1, -0.05) is 65.2 Å². The van der Waals surface area contributed by atoms with Crippen molar-refractivity contribution in [1.29, 1.82) is 0 Å². The lowest BCUT2D eigenvalue weighted by atomic mass is 9.85. The van der Waals surface area contributed by atoms with E-state index in [2.05, 4.69) is 36.8 Å². The van der Waals surface area contributed by atoms with Crippen LogP contribution in [0.2, 0.25) is 0 Å². The molecule has 4 amide bonds. The van der Waals surface area contributed by atoms with Gasteiger partial charge in [-0.05, 0) is 66.7 Å². The van der Waals surface area contributed by atoms with E-state index in [1.165, 1.54) is 9.70 Å². The summed E-state index contributed by atoms with van der Waals surface area (Å²) < 4.78 is 33.0. The van der Waals surface area contributed by atoms with E-state index in [0.717, 1.165) is 36.8 Å². The lowest BCUT2D eigenvalue weighted by Crippen LogP contribution is -2.60. The Morgan fingerprint density at radius 1 is 1.12 bits per heavy atom. The zero-order valence-corrected chi connectivity index (χ0v) is 30.0. The van der Waals surface area contributed by atoms with Crippen LogP contribution in [0.25, 0.3) is 11.4 Å². The number of sulfonamides is 1. The number of aromatic nitrogens is 4. The largest absolute Gasteiger partial charge is 0.450 e. The third-order valence-electron chi connectivity index (χ3n) is 10.3. The maximum atomic E-state index is 14.4. The maximum absolute atomic E-state index is 14.4. The molecule has 6 bridgehead atoms. The number of carbonyl (C=O) groups is 4. The first-order valence-corrected chi connectivity index (χ1v) is 19.3. The molecule has 2 aromatic rings. The van der Waals surface area contributed by atoms with E-state index in [0.29, 0.717) is 31.5 Å². The van der Waals surface area contributed by atoms with Crippen molar-refractivity contribution < 1.29 is 32.3 Å². The highest BCUT2D eigenvalue weighted by Crippen LogP contribution is 2.47. The molecule has 1 aromatic heterocycles. The van der Waals surface area contributed by atoms with Crippen molar-refractivity contribution >= 4 is 33.8 Å². The molecule has 3 fully saturated rings. The average Bonchev–Trinajstić information content (AvgIpc) is 3.94. The number of amides is 4. The normalized spacial score (nSPS) is 27.9. The smallest absolute Gasteiger partial charge is 0.407 e. The van der Waals surface area contributed by atoms with Gasteiger partial charge >= 0.3 is 6.09 Å². The lowest BCUT2D eigenvalue weighted by molar-refractivity contribution is -0.142. The van der Waals surface area contributed by atoms with E-state index in [-0.39, 0.29) is 31.9 Å². The molecule has 0 unspecified atom stereocenters. The van der Waals surface area contributed by atoms with E-state index < -0.39 is 68.2 Å². The molecular weight excluding hydrogens is 664 g/mol. The van der Waals surface area contributed by atoms with Gasteiger partial charge in [-0.3, -0.25) is 19.1 Å². The van der Waals surface area contributed by atoms with E-state index >= 15 is 0 Å². The number of rotatable bonds is 6. The van der Waals surface area contributed by atoms with Crippen molar-refractivity contribution in [2.24, 2.45) is 11.3 Å². The molecule has 2 aliphatic heterocycles. The molecule has 272 valence electrons. The van der Waals surface area contributed by atoms with Crippen molar-refractivity contribution in [2.45, 2.75) is 121 Å². The van der Waals surface area contributed by atoms with Gasteiger partial charge in [-0.2, -0.15) is 4.80 Å². The van der Waals surface area contributed by atoms with Crippen LogP contribution in [0, 0.1) is 11.3 Å². The number of aryl methyl sites for hydroxylation is 1. The topological polar surface area (TPSA) is 195 Å². The number of carbonyl (C=O) groups excluding carboxylic acids is 4. The summed E-state index contributed by atoms with van der Waals surface area (Å²) in [6, 6.07) is 5.27. The summed E-state index contributed by atoms with van der Waals surface area (Å²) in [4.78, 5) is 57.9. The second-order valence-electron chi connectivity index (χ2n) is 15.2. The molecule has 0 radical (unpaired) electrons. The van der Waals surface area contributed by atoms with Gasteiger partial charge in [0.15, 0.2) is 0 Å². The monoisotopic (exact) mass is 712 g/mol. The number of tetrazole rings is 1. The predicted octanol–water partition coefficient (Wildman–Crippen LogP) is 2.63. The second kappa shape index (κ2) is 13.9. The minimum Gasteiger partial charge on any atom is -0.450 e. The number of cyclic esters (lactones) is 1. The van der Waals surface area contributed by atoms with E-state index in [9.17, 15) is 27.6 Å². The van der Waals surface area contributed by atoms with Gasteiger partial charge < -0.3 is 20.3 Å². The zero-order chi connectivity index (χ0) is 35.8. The zero-order valence-electron chi connectivity index (χ0n) is 29.2. The predicted molar refractivity (Wildman–Crippen MR) is 182 cm³/mol. The van der Waals surface area contributed by atoms with Crippen LogP contribution in [-0.2, 0) is 35.6 Å². The number of ether oxygens (including phenoxy) is 1. The van der Waals surface area contributed by atoms with Gasteiger partial charge in [0.25, 0.3) is 5.91 Å². The molecule has 6 rings (SSSR count). The van der Waals surface area contributed by atoms with E-state index in [1.807, 2.05) is 45.9 Å². The quantitative estimate of drug-likeness (QED) is 0.401. The molecule has 4 aliphatic rings. The van der Waals surface area contributed by atoms with Gasteiger partial charge in [0.2, 0.25) is 27.7 Å². The molecule has 1 aromatic carbocycles. The molecular formula is C34H48N8O7S. The number of alkyl carbamates (subject to hydrolysis) is 1. The number of benzene rings is 1. The summed E-state index contributed by atoms with van der Waals surface area (Å²) in [5, 5.41) is 18.3. The number of nitrogens with zero attached hydrogens (tertiary/aromatic N) is 5. The fourth-order valence-electron chi connectivity index (χ4n) is 7.05. The lowest BCUT2D eigenvalue weighted by Gasteiger charge is -2.35. The standard InChI is InChI=1S/C34H48N8O7S/c1-5-23-19-34(23,31(45)39-50(47,48)25-14-15-25)36-29(43)26-18-24-20-41(26)30(44)27(33(2,3)4)35-32(46)49-16-9-7-6-8-11-21-12-10-13-22(17-21)28-37-40-42(24)38-28/h10,12-13,17,23-27H,5-9,11,14-16,18-20H2,1-4H3,(H,35,46)(H,36,43)(H,39,45)/t23-,24-,26+,27-,34-/m1/s1. The van der Waals surface area contributed by atoms with Crippen LogP contribution < -0.4 is 15.4 Å². The highest BCUT2D eigenvalue weighted by atomic mass is 32.2. The van der Waals surface area contributed by atoms with Crippen molar-refractivity contribution in [3.05, 3.63) is 29.8 Å². The summed E-state index contributed by atoms with van der Waals surface area (Å²) in [6.07, 6.45) is 5.53. The summed E-state index contributed by atoms with van der Waals surface area (Å²) in [7, 11) is -3.85. The van der Waals surface area contributed by atoms with Gasteiger partial charge in [-0.25, -0.2) is 13.2 Å². The first-order valence-electron chi connectivity index (χ1n) is 17.7. The van der Waals surface area contributed by atoms with Crippen LogP contribution in [-0.4, -0.2) is 93.4 Å². The first-order chi connectivity index (χ1) is 23.7. The molecule has 2 aliphatic carbocycles. The Labute approximate surface area is 292 Å². The number of hydrogen-bond acceptors (Lipinski definition) is 10. The molecule has 0 spiro atoms. The summed E-state index contributed by atoms with van der Waals surface area (Å²) in [5.74, 6) is -1.72. The van der Waals surface area contributed by atoms with E-state index in [4.69, 9.17) is 4.74 Å². The Balaban J connectivity index is 1.31. The Morgan fingerprint density at radius 3 is 2.58 bits per heavy atom. The Hall–Kier alpha value is -4.08. The minimum absolute atomic E-state index is 0.0303. The van der Waals surface area contributed by atoms with Gasteiger partial charge in [-0.15, -0.1) is 10.2 Å². The van der Waals surface area contributed by atoms with Crippen LogP contribution in [0.3, 0.4) is 0 Å². The van der Waals surface area contributed by atoms with E-state index in [1.54, 1.807) is 0 Å². The summed E-state index contributed by atoms with van der Waals surface area (Å²) in [5.41, 5.74) is -0.238. The SMILES string of the molecule is CC[C@@H]1C[C@]1(NC(=O)[C@@H]1C[C@@H]2CN1C(=O)[C@H](C(C)(C)C)NC(=O)OCCCCCCc1cccc(c1)-c1nnn2n1)C(=O)NS(=O)(=O)C1CC1. The molecule has 15 nitrogen and oxygen atoms in total. The van der Waals surface area contributed by atoms with Crippen molar-refractivity contribution in [3.63, 3.8) is 0 Å². The fourth-order valence-corrected chi connectivity index (χ4v) is 8.42. The average molecular weight is 713 g/mol. The number of fused-ring (bicyclic) bond motifs is 8. The number of nitrogens with one attached hydrogen (secondary N) is 3. The fraction of sp³-hybridized carbons (Fsp3) is 0.676. The highest BCUT2D eigenvalue weighted by molar-refractivity contribution is 7.91. The third-order valence-corrected chi connectivity index (χ3v) is 12.1. The van der Waals surface area contributed by atoms with Crippen molar-refractivity contribution in [3.8, 4) is 11.4 Å². The molecule has 3 heterocycles. The van der Waals surface area contributed by atoms with Crippen LogP contribution in [0.1, 0.15) is 97.1 Å². The molecule has 50 heavy (non-hydrogen) atoms. The van der Waals surface area contributed by atoms with Crippen LogP contribution in [0.5, 0.6) is 0 Å². The molecule has 2 saturated carbocycles. The van der Waals surface area contributed by atoms with Gasteiger partial charge in [0, 0.05) is 18.5 Å². The Kier molecular flexibility index (Phi) is 9.94. The summed E-state index contributed by atoms with van der Waals surface area (Å²) in [6.45, 7) is 7.54. The van der Waals surface area contributed by atoms with Crippen LogP contribution in [0.4, 0.5) is 4.79 Å². The highest BCUT2D eigenvalue weighted by Gasteiger charge is 2.62. The van der Waals surface area contributed by atoms with Gasteiger partial charge in [0.05, 0.1) is 17.9 Å². The maximum Gasteiger partial charge on any atom is 0.407 e. The molecule has 3 N–H and O–H groups in total. The second-order valence-corrected chi connectivity index (χ2v) is 17.2. The van der Waals surface area contributed by atoms with Crippen LogP contribution in [0.15, 0.2) is 24.3 Å². The van der Waals surface area contributed by atoms with Gasteiger partial charge in [0.1, 0.15) is 17.6 Å². The first kappa shape index (κ1) is 35.7. The Bertz CT molecular complexity index is 1740. The molecule has 1 saturated heterocycles. The molecule has 5 atom stereocenters. The molecule has 16 heteroatoms. The van der Waals surface area contributed by atoms with Crippen LogP contribution >= 0.6 is 0 Å². The Morgan fingerprint density at radius 2 is 1.88 bits per heavy atom. The third kappa shape index (κ3) is 7.64.